The van der Waals surface area contributed by atoms with Crippen LogP contribution in [0.1, 0.15) is 24.8 Å². The Labute approximate surface area is 123 Å². The molecule has 3 heteroatoms. The number of hydrogen-bond acceptors (Lipinski definition) is 3. The van der Waals surface area contributed by atoms with Gasteiger partial charge in [-0.3, -0.25) is 4.98 Å². The Morgan fingerprint density at radius 3 is 2.95 bits per heavy atom. The van der Waals surface area contributed by atoms with Gasteiger partial charge >= 0.3 is 0 Å². The van der Waals surface area contributed by atoms with E-state index >= 15 is 0 Å². The maximum atomic E-state index is 4.29. The Morgan fingerprint density at radius 2 is 2.16 bits per heavy atom. The summed E-state index contributed by atoms with van der Waals surface area (Å²) in [5.74, 6) is 2.47. The Kier molecular flexibility index (Phi) is 4.14. The van der Waals surface area contributed by atoms with Gasteiger partial charge in [0.1, 0.15) is 0 Å². The van der Waals surface area contributed by atoms with Crippen molar-refractivity contribution in [2.45, 2.75) is 19.3 Å². The topological polar surface area (TPSA) is 12.9 Å². The summed E-state index contributed by atoms with van der Waals surface area (Å²) in [6.07, 6.45) is 9.24. The van der Waals surface area contributed by atoms with Gasteiger partial charge in [-0.05, 0) is 35.8 Å². The van der Waals surface area contributed by atoms with Crippen LogP contribution in [0, 0.1) is 0 Å². The average molecular weight is 287 g/mol. The molecule has 1 aliphatic carbocycles. The first kappa shape index (κ1) is 13.1. The van der Waals surface area contributed by atoms with Crippen LogP contribution in [-0.4, -0.2) is 16.5 Å². The lowest BCUT2D eigenvalue weighted by molar-refractivity contribution is 0.918. The number of rotatable bonds is 3. The minimum atomic E-state index is 0.992. The summed E-state index contributed by atoms with van der Waals surface area (Å²) in [5.41, 5.74) is 4.23. The van der Waals surface area contributed by atoms with Crippen molar-refractivity contribution in [1.82, 2.24) is 4.98 Å². The second kappa shape index (κ2) is 6.02. The van der Waals surface area contributed by atoms with E-state index in [1.807, 2.05) is 48.1 Å². The first-order valence-electron chi connectivity index (χ1n) is 6.62. The zero-order valence-corrected chi connectivity index (χ0v) is 12.5. The molecule has 0 atom stereocenters. The van der Waals surface area contributed by atoms with Gasteiger partial charge in [-0.2, -0.15) is 0 Å². The molecule has 1 nitrogen and oxygen atoms in total. The predicted octanol–water partition coefficient (Wildman–Crippen LogP) is 4.90. The lowest BCUT2D eigenvalue weighted by atomic mass is 9.90. The summed E-state index contributed by atoms with van der Waals surface area (Å²) >= 11 is 4.06. The van der Waals surface area contributed by atoms with Crippen LogP contribution < -0.4 is 0 Å². The SMILES string of the molecule is C=CCC1=C(c2cccnc2)C2=C(CC1)SCCS2. The van der Waals surface area contributed by atoms with Crippen LogP contribution in [0.25, 0.3) is 5.57 Å². The first-order chi connectivity index (χ1) is 9.40. The predicted molar refractivity (Wildman–Crippen MR) is 87.1 cm³/mol. The number of pyridine rings is 1. The maximum absolute atomic E-state index is 4.29. The van der Waals surface area contributed by atoms with E-state index in [-0.39, 0.29) is 0 Å². The van der Waals surface area contributed by atoms with Crippen LogP contribution >= 0.6 is 23.5 Å². The van der Waals surface area contributed by atoms with E-state index in [4.69, 9.17) is 0 Å². The van der Waals surface area contributed by atoms with Crippen molar-refractivity contribution in [1.29, 1.82) is 0 Å². The molecule has 0 unspecified atom stereocenters. The van der Waals surface area contributed by atoms with Gasteiger partial charge in [-0.25, -0.2) is 0 Å². The van der Waals surface area contributed by atoms with Crippen LogP contribution in [0.3, 0.4) is 0 Å². The molecule has 1 aromatic heterocycles. The molecular weight excluding hydrogens is 270 g/mol. The second-order valence-electron chi connectivity index (χ2n) is 4.66. The molecule has 0 radical (unpaired) electrons. The summed E-state index contributed by atoms with van der Waals surface area (Å²) in [4.78, 5) is 7.39. The summed E-state index contributed by atoms with van der Waals surface area (Å²) in [6, 6.07) is 4.21. The molecule has 0 saturated heterocycles. The fourth-order valence-electron chi connectivity index (χ4n) is 2.63. The molecule has 0 N–H and O–H groups in total. The van der Waals surface area contributed by atoms with Gasteiger partial charge in [0.15, 0.2) is 0 Å². The van der Waals surface area contributed by atoms with Crippen LogP contribution in [0.2, 0.25) is 0 Å². The van der Waals surface area contributed by atoms with Gasteiger partial charge in [-0.1, -0.05) is 17.7 Å². The highest BCUT2D eigenvalue weighted by Gasteiger charge is 2.25. The number of nitrogens with zero attached hydrogens (tertiary/aromatic N) is 1. The quantitative estimate of drug-likeness (QED) is 0.734. The van der Waals surface area contributed by atoms with Gasteiger partial charge < -0.3 is 0 Å². The second-order valence-corrected chi connectivity index (χ2v) is 6.96. The molecule has 1 aromatic rings. The summed E-state index contributed by atoms with van der Waals surface area (Å²) < 4.78 is 0. The Balaban J connectivity index is 2.11. The highest BCUT2D eigenvalue weighted by atomic mass is 32.2. The van der Waals surface area contributed by atoms with E-state index in [0.717, 1.165) is 6.42 Å². The number of hydrogen-bond donors (Lipinski definition) is 0. The van der Waals surface area contributed by atoms with Crippen molar-refractivity contribution in [3.05, 3.63) is 58.1 Å². The highest BCUT2D eigenvalue weighted by Crippen LogP contribution is 2.49. The molecule has 2 aliphatic rings. The summed E-state index contributed by atoms with van der Waals surface area (Å²) in [6.45, 7) is 3.91. The third kappa shape index (κ3) is 2.67. The minimum Gasteiger partial charge on any atom is -0.264 e. The molecular formula is C16H17NS2. The molecule has 19 heavy (non-hydrogen) atoms. The lowest BCUT2D eigenvalue weighted by Crippen LogP contribution is -2.07. The largest absolute Gasteiger partial charge is 0.264 e. The molecule has 2 heterocycles. The van der Waals surface area contributed by atoms with Crippen LogP contribution in [0.5, 0.6) is 0 Å². The van der Waals surface area contributed by atoms with E-state index < -0.39 is 0 Å². The molecule has 0 saturated carbocycles. The lowest BCUT2D eigenvalue weighted by Gasteiger charge is -2.28. The fraction of sp³-hybridized carbons (Fsp3) is 0.312. The minimum absolute atomic E-state index is 0.992. The third-order valence-corrected chi connectivity index (χ3v) is 6.13. The van der Waals surface area contributed by atoms with Crippen LogP contribution in [-0.2, 0) is 0 Å². The molecule has 0 amide bonds. The standard InChI is InChI=1S/C16H17NS2/c1-2-4-12-6-7-14-16(19-10-9-18-14)15(12)13-5-3-8-17-11-13/h2-3,5,8,11H,1,4,6-7,9-10H2. The zero-order chi connectivity index (χ0) is 13.1. The highest BCUT2D eigenvalue weighted by molar-refractivity contribution is 8.10. The van der Waals surface area contributed by atoms with Crippen molar-refractivity contribution in [3.63, 3.8) is 0 Å². The molecule has 0 bridgehead atoms. The van der Waals surface area contributed by atoms with E-state index in [1.54, 1.807) is 4.91 Å². The van der Waals surface area contributed by atoms with Crippen LogP contribution in [0.15, 0.2) is 52.6 Å². The van der Waals surface area contributed by atoms with Crippen molar-refractivity contribution >= 4 is 29.1 Å². The molecule has 0 spiro atoms. The Hall–Kier alpha value is -0.930. The molecule has 0 fully saturated rings. The first-order valence-corrected chi connectivity index (χ1v) is 8.59. The van der Waals surface area contributed by atoms with Gasteiger partial charge in [0.2, 0.25) is 0 Å². The van der Waals surface area contributed by atoms with Crippen molar-refractivity contribution in [2.75, 3.05) is 11.5 Å². The third-order valence-electron chi connectivity index (χ3n) is 3.43. The molecule has 1 aliphatic heterocycles. The van der Waals surface area contributed by atoms with E-state index in [1.165, 1.54) is 46.0 Å². The molecule has 0 aromatic carbocycles. The monoisotopic (exact) mass is 287 g/mol. The van der Waals surface area contributed by atoms with E-state index in [9.17, 15) is 0 Å². The summed E-state index contributed by atoms with van der Waals surface area (Å²) in [5, 5.41) is 0. The number of thioether (sulfide) groups is 2. The van der Waals surface area contributed by atoms with Crippen molar-refractivity contribution < 1.29 is 0 Å². The zero-order valence-electron chi connectivity index (χ0n) is 10.9. The maximum Gasteiger partial charge on any atom is 0.0346 e. The normalized spacial score (nSPS) is 19.4. The Bertz CT molecular complexity index is 543. The van der Waals surface area contributed by atoms with E-state index in [0.29, 0.717) is 0 Å². The van der Waals surface area contributed by atoms with Gasteiger partial charge in [0.05, 0.1) is 0 Å². The number of allylic oxidation sites excluding steroid dienone is 4. The van der Waals surface area contributed by atoms with E-state index in [2.05, 4.69) is 17.6 Å². The smallest absolute Gasteiger partial charge is 0.0346 e. The van der Waals surface area contributed by atoms with Gasteiger partial charge in [0.25, 0.3) is 0 Å². The molecule has 98 valence electrons. The van der Waals surface area contributed by atoms with Crippen molar-refractivity contribution in [3.8, 4) is 0 Å². The number of aromatic nitrogens is 1. The van der Waals surface area contributed by atoms with Gasteiger partial charge in [0, 0.05) is 34.4 Å². The summed E-state index contributed by atoms with van der Waals surface area (Å²) in [7, 11) is 0. The van der Waals surface area contributed by atoms with Crippen LogP contribution in [0.4, 0.5) is 0 Å². The molecule has 3 rings (SSSR count). The van der Waals surface area contributed by atoms with Crippen molar-refractivity contribution in [2.24, 2.45) is 0 Å². The fourth-order valence-corrected chi connectivity index (χ4v) is 5.25. The van der Waals surface area contributed by atoms with Gasteiger partial charge in [-0.15, -0.1) is 30.1 Å². The Morgan fingerprint density at radius 1 is 1.26 bits per heavy atom. The average Bonchev–Trinajstić information content (AvgIpc) is 2.48.